The zero-order valence-corrected chi connectivity index (χ0v) is 13.6. The van der Waals surface area contributed by atoms with E-state index >= 15 is 0 Å². The van der Waals surface area contributed by atoms with Crippen LogP contribution in [0, 0.1) is 0 Å². The number of benzene rings is 1. The number of carbonyl (C=O) groups excluding carboxylic acids is 1. The molecular weight excluding hydrogens is 332 g/mol. The molecule has 2 heterocycles. The van der Waals surface area contributed by atoms with Gasteiger partial charge in [0.2, 0.25) is 6.29 Å². The summed E-state index contributed by atoms with van der Waals surface area (Å²) in [6, 6.07) is 11.6. The highest BCUT2D eigenvalue weighted by Crippen LogP contribution is 2.30. The zero-order chi connectivity index (χ0) is 17.1. The molecule has 3 N–H and O–H groups in total. The minimum atomic E-state index is -1.64. The second-order valence-corrected chi connectivity index (χ2v) is 6.50. The van der Waals surface area contributed by atoms with Crippen LogP contribution in [0.5, 0.6) is 5.75 Å². The molecule has 1 aromatic carbocycles. The second kappa shape index (κ2) is 7.42. The largest absolute Gasteiger partial charge is 0.461 e. The minimum absolute atomic E-state index is 0.520. The summed E-state index contributed by atoms with van der Waals surface area (Å²) in [5.74, 6) is -0.231. The average molecular weight is 350 g/mol. The van der Waals surface area contributed by atoms with Crippen LogP contribution >= 0.6 is 11.3 Å². The molecule has 1 saturated heterocycles. The van der Waals surface area contributed by atoms with Gasteiger partial charge < -0.3 is 24.8 Å². The summed E-state index contributed by atoms with van der Waals surface area (Å²) in [4.78, 5) is 12.6. The molecule has 3 rings (SSSR count). The molecule has 0 saturated carbocycles. The van der Waals surface area contributed by atoms with Gasteiger partial charge in [0.1, 0.15) is 24.1 Å². The Labute approximate surface area is 142 Å². The molecule has 0 amide bonds. The highest BCUT2D eigenvalue weighted by Gasteiger charge is 2.44. The fourth-order valence-electron chi connectivity index (χ4n) is 2.52. The van der Waals surface area contributed by atoms with Crippen molar-refractivity contribution < 1.29 is 29.6 Å². The van der Waals surface area contributed by atoms with Crippen molar-refractivity contribution in [2.45, 2.75) is 31.0 Å². The summed E-state index contributed by atoms with van der Waals surface area (Å²) in [7, 11) is 0. The lowest BCUT2D eigenvalue weighted by atomic mass is 10.0. The number of thiophene rings is 1. The van der Waals surface area contributed by atoms with Crippen molar-refractivity contribution in [3.63, 3.8) is 0 Å². The predicted molar refractivity (Wildman–Crippen MR) is 87.0 cm³/mol. The van der Waals surface area contributed by atoms with E-state index in [2.05, 4.69) is 0 Å². The van der Waals surface area contributed by atoms with Crippen molar-refractivity contribution >= 4 is 17.1 Å². The Kier molecular flexibility index (Phi) is 5.27. The van der Waals surface area contributed by atoms with Crippen LogP contribution in [0.3, 0.4) is 0 Å². The normalized spacial score (nSPS) is 27.2. The van der Waals surface area contributed by atoms with Gasteiger partial charge in [0.05, 0.1) is 11.5 Å². The molecule has 1 aliphatic heterocycles. The third-order valence-corrected chi connectivity index (χ3v) is 4.73. The predicted octanol–water partition coefficient (Wildman–Crippen LogP) is 0.726. The number of aliphatic hydroxyl groups is 3. The zero-order valence-electron chi connectivity index (χ0n) is 12.7. The highest BCUT2D eigenvalue weighted by atomic mass is 32.1. The van der Waals surface area contributed by atoms with Gasteiger partial charge in [-0.15, -0.1) is 11.3 Å². The van der Waals surface area contributed by atoms with Crippen molar-refractivity contribution in [3.05, 3.63) is 52.2 Å². The van der Waals surface area contributed by atoms with Gasteiger partial charge in [-0.05, 0) is 17.0 Å². The average Bonchev–Trinajstić information content (AvgIpc) is 3.03. The Bertz CT molecular complexity index is 681. The molecular formula is C17H18O6S. The summed E-state index contributed by atoms with van der Waals surface area (Å²) in [6.45, 7) is -0.580. The first-order valence-corrected chi connectivity index (χ1v) is 8.41. The van der Waals surface area contributed by atoms with Gasteiger partial charge in [-0.2, -0.15) is 0 Å². The molecule has 0 radical (unpaired) electrons. The van der Waals surface area contributed by atoms with Crippen molar-refractivity contribution in [2.24, 2.45) is 0 Å². The van der Waals surface area contributed by atoms with Crippen LogP contribution in [-0.2, 0) is 16.0 Å². The number of hydrogen-bond acceptors (Lipinski definition) is 7. The van der Waals surface area contributed by atoms with E-state index in [1.807, 2.05) is 35.7 Å². The molecule has 2 aromatic rings. The Morgan fingerprint density at radius 3 is 2.62 bits per heavy atom. The highest BCUT2D eigenvalue weighted by molar-refractivity contribution is 7.10. The molecule has 1 aliphatic rings. The van der Waals surface area contributed by atoms with E-state index in [9.17, 15) is 15.0 Å². The van der Waals surface area contributed by atoms with E-state index in [-0.39, 0.29) is 0 Å². The van der Waals surface area contributed by atoms with Gasteiger partial charge in [-0.1, -0.05) is 30.3 Å². The first-order valence-electron chi connectivity index (χ1n) is 7.53. The van der Waals surface area contributed by atoms with E-state index in [4.69, 9.17) is 14.6 Å². The molecule has 1 aromatic heterocycles. The standard InChI is InChI=1S/C17H18O6S/c18-9-12-14(19)15(20)16(21)17(23-12)22-11-6-7-24-13(11)8-10-4-2-1-3-5-10/h1-7,12,15-18,20-21H,8-9H2. The van der Waals surface area contributed by atoms with Crippen LogP contribution in [0.25, 0.3) is 0 Å². The maximum Gasteiger partial charge on any atom is 0.229 e. The van der Waals surface area contributed by atoms with E-state index in [0.29, 0.717) is 12.2 Å². The van der Waals surface area contributed by atoms with Gasteiger partial charge in [-0.3, -0.25) is 4.79 Å². The fourth-order valence-corrected chi connectivity index (χ4v) is 3.35. The van der Waals surface area contributed by atoms with Gasteiger partial charge in [0.25, 0.3) is 0 Å². The van der Waals surface area contributed by atoms with E-state index in [0.717, 1.165) is 10.4 Å². The van der Waals surface area contributed by atoms with Gasteiger partial charge in [0, 0.05) is 6.42 Å². The third kappa shape index (κ3) is 3.50. The van der Waals surface area contributed by atoms with Crippen molar-refractivity contribution in [3.8, 4) is 5.75 Å². The second-order valence-electron chi connectivity index (χ2n) is 5.50. The van der Waals surface area contributed by atoms with Crippen molar-refractivity contribution in [1.29, 1.82) is 0 Å². The molecule has 0 spiro atoms. The number of carbonyl (C=O) groups is 1. The molecule has 6 nitrogen and oxygen atoms in total. The van der Waals surface area contributed by atoms with Crippen molar-refractivity contribution in [2.75, 3.05) is 6.61 Å². The minimum Gasteiger partial charge on any atom is -0.461 e. The number of ether oxygens (including phenoxy) is 2. The molecule has 7 heteroatoms. The first kappa shape index (κ1) is 17.1. The SMILES string of the molecule is O=C1C(CO)OC(Oc2ccsc2Cc2ccccc2)C(O)C1O. The summed E-state index contributed by atoms with van der Waals surface area (Å²) in [5, 5.41) is 30.8. The topological polar surface area (TPSA) is 96.2 Å². The van der Waals surface area contributed by atoms with E-state index in [1.165, 1.54) is 11.3 Å². The van der Waals surface area contributed by atoms with Crippen LogP contribution in [0.1, 0.15) is 10.4 Å². The van der Waals surface area contributed by atoms with Crippen LogP contribution in [0.15, 0.2) is 41.8 Å². The Morgan fingerprint density at radius 1 is 1.17 bits per heavy atom. The Balaban J connectivity index is 1.74. The fraction of sp³-hybridized carbons (Fsp3) is 0.353. The lowest BCUT2D eigenvalue weighted by molar-refractivity contribution is -0.230. The Morgan fingerprint density at radius 2 is 1.92 bits per heavy atom. The first-order chi connectivity index (χ1) is 11.6. The molecule has 24 heavy (non-hydrogen) atoms. The molecule has 0 bridgehead atoms. The maximum absolute atomic E-state index is 11.7. The third-order valence-electron chi connectivity index (χ3n) is 3.83. The summed E-state index contributed by atoms with van der Waals surface area (Å²) >= 11 is 1.50. The number of aliphatic hydroxyl groups excluding tert-OH is 3. The molecule has 128 valence electrons. The van der Waals surface area contributed by atoms with Crippen molar-refractivity contribution in [1.82, 2.24) is 0 Å². The summed E-state index contributed by atoms with van der Waals surface area (Å²) in [5.41, 5.74) is 1.11. The van der Waals surface area contributed by atoms with E-state index < -0.39 is 37.0 Å². The van der Waals surface area contributed by atoms with Crippen LogP contribution in [0.4, 0.5) is 0 Å². The number of ketones is 1. The maximum atomic E-state index is 11.7. The lowest BCUT2D eigenvalue weighted by Crippen LogP contribution is -2.57. The number of rotatable bonds is 5. The van der Waals surface area contributed by atoms with Crippen LogP contribution in [0.2, 0.25) is 0 Å². The van der Waals surface area contributed by atoms with Crippen LogP contribution < -0.4 is 4.74 Å². The number of hydrogen-bond donors (Lipinski definition) is 3. The quantitative estimate of drug-likeness (QED) is 0.736. The molecule has 1 fully saturated rings. The smallest absolute Gasteiger partial charge is 0.229 e. The molecule has 4 atom stereocenters. The summed E-state index contributed by atoms with van der Waals surface area (Å²) < 4.78 is 11.0. The summed E-state index contributed by atoms with van der Waals surface area (Å²) in [6.07, 6.45) is -4.92. The Hall–Kier alpha value is -1.77. The van der Waals surface area contributed by atoms with Gasteiger partial charge in [0.15, 0.2) is 5.78 Å². The lowest BCUT2D eigenvalue weighted by Gasteiger charge is -2.35. The van der Waals surface area contributed by atoms with E-state index in [1.54, 1.807) is 6.07 Å². The number of Topliss-reactive ketones (excluding diaryl/α,β-unsaturated/α-hetero) is 1. The van der Waals surface area contributed by atoms with Gasteiger partial charge >= 0.3 is 0 Å². The molecule has 0 aliphatic carbocycles. The monoisotopic (exact) mass is 350 g/mol. The van der Waals surface area contributed by atoms with Gasteiger partial charge in [-0.25, -0.2) is 0 Å². The molecule has 4 unspecified atom stereocenters. The van der Waals surface area contributed by atoms with Crippen LogP contribution in [-0.4, -0.2) is 52.3 Å².